The molecule has 0 radical (unpaired) electrons. The Kier molecular flexibility index (Phi) is 5.87. The Balaban J connectivity index is 1.56. The van der Waals surface area contributed by atoms with Crippen molar-refractivity contribution in [1.82, 2.24) is 9.88 Å². The van der Waals surface area contributed by atoms with Gasteiger partial charge in [-0.15, -0.1) is 6.58 Å². The van der Waals surface area contributed by atoms with Crippen LogP contribution in [0.3, 0.4) is 0 Å². The van der Waals surface area contributed by atoms with E-state index in [2.05, 4.69) is 22.5 Å². The fourth-order valence-corrected chi connectivity index (χ4v) is 5.38. The van der Waals surface area contributed by atoms with Crippen LogP contribution in [0.25, 0.3) is 10.9 Å². The number of hydrogen-bond acceptors (Lipinski definition) is 6. The number of rotatable bonds is 6. The molecular formula is C27H28N2O4. The molecule has 33 heavy (non-hydrogen) atoms. The third kappa shape index (κ3) is 4.12. The fourth-order valence-electron chi connectivity index (χ4n) is 5.38. The number of hydrogen-bond donors (Lipinski definition) is 2. The van der Waals surface area contributed by atoms with Crippen molar-refractivity contribution in [3.63, 3.8) is 0 Å². The lowest BCUT2D eigenvalue weighted by Crippen LogP contribution is -2.55. The number of pyridine rings is 1. The maximum Gasteiger partial charge on any atom is 0.338 e. The molecule has 0 saturated carbocycles. The Morgan fingerprint density at radius 3 is 2.76 bits per heavy atom. The third-order valence-corrected chi connectivity index (χ3v) is 7.17. The number of phenolic OH excluding ortho intramolecular Hbond substituents is 1. The van der Waals surface area contributed by atoms with Crippen molar-refractivity contribution in [3.8, 4) is 5.75 Å². The minimum atomic E-state index is -0.487. The highest BCUT2D eigenvalue weighted by atomic mass is 16.5. The third-order valence-electron chi connectivity index (χ3n) is 7.17. The zero-order valence-electron chi connectivity index (χ0n) is 18.4. The second-order valence-electron chi connectivity index (χ2n) is 9.03. The minimum Gasteiger partial charge on any atom is -0.508 e. The predicted octanol–water partition coefficient (Wildman–Crippen LogP) is 4.23. The number of nitrogens with zero attached hydrogens (tertiary/aromatic N) is 2. The van der Waals surface area contributed by atoms with Gasteiger partial charge in [0.15, 0.2) is 0 Å². The molecule has 2 bridgehead atoms. The van der Waals surface area contributed by atoms with E-state index in [4.69, 9.17) is 4.74 Å². The van der Waals surface area contributed by atoms with Crippen molar-refractivity contribution in [3.05, 3.63) is 84.1 Å². The fraction of sp³-hybridized carbons (Fsp3) is 0.333. The Bertz CT molecular complexity index is 1180. The van der Waals surface area contributed by atoms with Crippen molar-refractivity contribution in [2.45, 2.75) is 31.6 Å². The molecule has 3 aliphatic heterocycles. The largest absolute Gasteiger partial charge is 0.508 e. The predicted molar refractivity (Wildman–Crippen MR) is 126 cm³/mol. The maximum absolute atomic E-state index is 13.2. The highest BCUT2D eigenvalue weighted by Gasteiger charge is 2.44. The summed E-state index contributed by atoms with van der Waals surface area (Å²) in [6, 6.07) is 13.8. The molecule has 5 atom stereocenters. The normalized spacial score (nSPS) is 25.0. The number of carbonyl (C=O) groups is 1. The van der Waals surface area contributed by atoms with Gasteiger partial charge in [0.05, 0.1) is 23.7 Å². The summed E-state index contributed by atoms with van der Waals surface area (Å²) >= 11 is 0. The highest BCUT2D eigenvalue weighted by molar-refractivity contribution is 5.90. The standard InChI is InChI=1S/C27H28N2O4/c1-2-18-15-29-12-10-20(18)14-25(29)26(33-27(32)19-4-6-21(31)7-5-19)22-9-11-28-24-8-3-17(16-30)13-23(22)24/h2-9,11,13,18,20,25-26,30-31H,1,10,12,14-16H2/t18-,20?,25-,26-/m0/s1. The van der Waals surface area contributed by atoms with E-state index in [1.165, 1.54) is 12.1 Å². The molecule has 1 aromatic heterocycles. The minimum absolute atomic E-state index is 0.0457. The van der Waals surface area contributed by atoms with Crippen LogP contribution in [0, 0.1) is 11.8 Å². The Hall–Kier alpha value is -3.22. The molecule has 6 nitrogen and oxygen atoms in total. The summed E-state index contributed by atoms with van der Waals surface area (Å²) in [5.74, 6) is 0.657. The van der Waals surface area contributed by atoms with Crippen LogP contribution in [0.1, 0.15) is 40.4 Å². The number of phenols is 1. The second kappa shape index (κ2) is 8.96. The molecule has 0 amide bonds. The van der Waals surface area contributed by atoms with Crippen molar-refractivity contribution in [2.24, 2.45) is 11.8 Å². The topological polar surface area (TPSA) is 82.9 Å². The first-order valence-corrected chi connectivity index (χ1v) is 11.4. The van der Waals surface area contributed by atoms with E-state index in [0.717, 1.165) is 48.0 Å². The number of piperidine rings is 3. The molecule has 3 aromatic rings. The van der Waals surface area contributed by atoms with Crippen LogP contribution in [0.5, 0.6) is 5.75 Å². The van der Waals surface area contributed by atoms with Gasteiger partial charge >= 0.3 is 5.97 Å². The van der Waals surface area contributed by atoms with Gasteiger partial charge in [-0.2, -0.15) is 0 Å². The first-order valence-electron chi connectivity index (χ1n) is 11.4. The van der Waals surface area contributed by atoms with E-state index in [-0.39, 0.29) is 18.4 Å². The van der Waals surface area contributed by atoms with Crippen LogP contribution in [0.15, 0.2) is 67.4 Å². The molecule has 170 valence electrons. The van der Waals surface area contributed by atoms with E-state index in [0.29, 0.717) is 17.4 Å². The van der Waals surface area contributed by atoms with Crippen LogP contribution in [0.2, 0.25) is 0 Å². The van der Waals surface area contributed by atoms with Crippen LogP contribution >= 0.6 is 0 Å². The Morgan fingerprint density at radius 1 is 1.24 bits per heavy atom. The molecule has 6 rings (SSSR count). The van der Waals surface area contributed by atoms with Crippen molar-refractivity contribution in [1.29, 1.82) is 0 Å². The number of ether oxygens (including phenoxy) is 1. The zero-order chi connectivity index (χ0) is 22.9. The van der Waals surface area contributed by atoms with Gasteiger partial charge in [0.1, 0.15) is 11.9 Å². The van der Waals surface area contributed by atoms with Crippen molar-refractivity contribution >= 4 is 16.9 Å². The van der Waals surface area contributed by atoms with Gasteiger partial charge in [-0.3, -0.25) is 9.88 Å². The number of esters is 1. The summed E-state index contributed by atoms with van der Waals surface area (Å²) in [4.78, 5) is 20.1. The number of carbonyl (C=O) groups excluding carboxylic acids is 1. The van der Waals surface area contributed by atoms with Gasteiger partial charge in [0.2, 0.25) is 0 Å². The lowest BCUT2D eigenvalue weighted by Gasteiger charge is -2.51. The Labute approximate surface area is 193 Å². The number of aromatic hydroxyl groups is 1. The highest BCUT2D eigenvalue weighted by Crippen LogP contribution is 2.43. The van der Waals surface area contributed by atoms with E-state index < -0.39 is 12.1 Å². The maximum atomic E-state index is 13.2. The first kappa shape index (κ1) is 21.6. The molecule has 2 unspecified atom stereocenters. The number of aliphatic hydroxyl groups excluding tert-OH is 1. The summed E-state index contributed by atoms with van der Waals surface area (Å²) in [5, 5.41) is 20.2. The van der Waals surface area contributed by atoms with Gasteiger partial charge in [-0.25, -0.2) is 4.79 Å². The summed E-state index contributed by atoms with van der Waals surface area (Å²) in [6.45, 7) is 5.84. The van der Waals surface area contributed by atoms with Crippen molar-refractivity contribution < 1.29 is 19.7 Å². The first-order chi connectivity index (χ1) is 16.1. The van der Waals surface area contributed by atoms with E-state index in [1.54, 1.807) is 18.3 Å². The summed E-state index contributed by atoms with van der Waals surface area (Å²) < 4.78 is 6.23. The Morgan fingerprint density at radius 2 is 2.06 bits per heavy atom. The monoisotopic (exact) mass is 444 g/mol. The van der Waals surface area contributed by atoms with Crippen LogP contribution in [-0.2, 0) is 11.3 Å². The SMILES string of the molecule is C=C[C@H]1CN2CCC1C[C@H]2[C@@H](OC(=O)c1ccc(O)cc1)c1ccnc2ccc(CO)cc12. The van der Waals surface area contributed by atoms with Gasteiger partial charge < -0.3 is 14.9 Å². The number of benzene rings is 2. The van der Waals surface area contributed by atoms with E-state index in [1.807, 2.05) is 24.3 Å². The number of aromatic nitrogens is 1. The molecule has 0 spiro atoms. The molecule has 2 aromatic carbocycles. The second-order valence-corrected chi connectivity index (χ2v) is 9.03. The number of fused-ring (bicyclic) bond motifs is 4. The van der Waals surface area contributed by atoms with Crippen molar-refractivity contribution in [2.75, 3.05) is 13.1 Å². The van der Waals surface area contributed by atoms with E-state index in [9.17, 15) is 15.0 Å². The summed E-state index contributed by atoms with van der Waals surface area (Å²) in [7, 11) is 0. The molecule has 3 saturated heterocycles. The van der Waals surface area contributed by atoms with Crippen LogP contribution in [-0.4, -0.2) is 45.2 Å². The van der Waals surface area contributed by atoms with Gasteiger partial charge in [-0.05, 0) is 79.3 Å². The lowest BCUT2D eigenvalue weighted by molar-refractivity contribution is -0.0568. The summed E-state index contributed by atoms with van der Waals surface area (Å²) in [6.07, 6.45) is 5.37. The quantitative estimate of drug-likeness (QED) is 0.437. The van der Waals surface area contributed by atoms with Gasteiger partial charge in [-0.1, -0.05) is 12.1 Å². The van der Waals surface area contributed by atoms with Gasteiger partial charge in [0, 0.05) is 23.7 Å². The molecule has 0 aliphatic carbocycles. The smallest absolute Gasteiger partial charge is 0.338 e. The van der Waals surface area contributed by atoms with Crippen LogP contribution < -0.4 is 0 Å². The molecule has 4 heterocycles. The van der Waals surface area contributed by atoms with E-state index >= 15 is 0 Å². The van der Waals surface area contributed by atoms with Gasteiger partial charge in [0.25, 0.3) is 0 Å². The molecule has 6 heteroatoms. The molecule has 2 N–H and O–H groups in total. The average molecular weight is 445 g/mol. The number of aliphatic hydroxyl groups is 1. The average Bonchev–Trinajstić information content (AvgIpc) is 2.87. The van der Waals surface area contributed by atoms with Crippen LogP contribution in [0.4, 0.5) is 0 Å². The lowest BCUT2D eigenvalue weighted by atomic mass is 9.73. The molecular weight excluding hydrogens is 416 g/mol. The summed E-state index contributed by atoms with van der Waals surface area (Å²) in [5.41, 5.74) is 2.88. The molecule has 3 fully saturated rings. The molecule has 3 aliphatic rings. The zero-order valence-corrected chi connectivity index (χ0v) is 18.4.